The Bertz CT molecular complexity index is 688. The molecule has 0 spiro atoms. The molecule has 21 heavy (non-hydrogen) atoms. The van der Waals surface area contributed by atoms with Crippen LogP contribution in [0.15, 0.2) is 18.2 Å². The molecule has 0 aliphatic carbocycles. The summed E-state index contributed by atoms with van der Waals surface area (Å²) in [4.78, 5) is 19.4. The van der Waals surface area contributed by atoms with Gasteiger partial charge in [0.15, 0.2) is 0 Å². The number of carbonyl (C=O) groups excluding carboxylic acids is 1. The van der Waals surface area contributed by atoms with Crippen molar-refractivity contribution >= 4 is 27.5 Å². The van der Waals surface area contributed by atoms with Crippen LogP contribution in [0.25, 0.3) is 10.2 Å². The number of rotatable bonds is 2. The first-order chi connectivity index (χ1) is 10.2. The molecule has 5 heteroatoms. The van der Waals surface area contributed by atoms with Gasteiger partial charge in [-0.3, -0.25) is 4.79 Å². The summed E-state index contributed by atoms with van der Waals surface area (Å²) in [6.07, 6.45) is 2.44. The Kier molecular flexibility index (Phi) is 3.19. The van der Waals surface area contributed by atoms with Gasteiger partial charge in [0.2, 0.25) is 0 Å². The normalized spacial score (nSPS) is 28.0. The van der Waals surface area contributed by atoms with E-state index in [0.29, 0.717) is 12.0 Å². The maximum atomic E-state index is 12.5. The van der Waals surface area contributed by atoms with Crippen LogP contribution in [-0.2, 0) is 0 Å². The number of nitrogens with zero attached hydrogens (tertiary/aromatic N) is 2. The third-order valence-electron chi connectivity index (χ3n) is 4.73. The Balaban J connectivity index is 1.53. The summed E-state index contributed by atoms with van der Waals surface area (Å²) >= 11 is 1.67. The first-order valence-corrected chi connectivity index (χ1v) is 8.41. The van der Waals surface area contributed by atoms with Gasteiger partial charge in [-0.05, 0) is 57.0 Å². The number of piperidine rings is 3. The van der Waals surface area contributed by atoms with E-state index in [1.807, 2.05) is 25.1 Å². The molecule has 110 valence electrons. The first kappa shape index (κ1) is 13.2. The molecule has 2 bridgehead atoms. The number of carbonyl (C=O) groups is 1. The number of amides is 1. The van der Waals surface area contributed by atoms with Crippen LogP contribution in [0.4, 0.5) is 0 Å². The molecule has 0 saturated carbocycles. The van der Waals surface area contributed by atoms with Crippen LogP contribution in [-0.4, -0.2) is 41.5 Å². The summed E-state index contributed by atoms with van der Waals surface area (Å²) < 4.78 is 1.15. The minimum absolute atomic E-state index is 0.0429. The summed E-state index contributed by atoms with van der Waals surface area (Å²) in [6, 6.07) is 6.14. The molecule has 4 nitrogen and oxygen atoms in total. The topological polar surface area (TPSA) is 45.2 Å². The fourth-order valence-corrected chi connectivity index (χ4v) is 4.37. The molecule has 1 unspecified atom stereocenters. The molecule has 1 amide bonds. The van der Waals surface area contributed by atoms with E-state index in [9.17, 15) is 4.79 Å². The summed E-state index contributed by atoms with van der Waals surface area (Å²) in [5, 5.41) is 4.27. The van der Waals surface area contributed by atoms with Crippen molar-refractivity contribution in [3.05, 3.63) is 28.8 Å². The van der Waals surface area contributed by atoms with E-state index < -0.39 is 0 Å². The predicted octanol–water partition coefficient (Wildman–Crippen LogP) is 2.43. The maximum Gasteiger partial charge on any atom is 0.251 e. The van der Waals surface area contributed by atoms with Crippen molar-refractivity contribution < 1.29 is 4.79 Å². The summed E-state index contributed by atoms with van der Waals surface area (Å²) in [5.41, 5.74) is 1.66. The molecule has 3 fully saturated rings. The number of hydrogen-bond acceptors (Lipinski definition) is 4. The summed E-state index contributed by atoms with van der Waals surface area (Å²) in [6.45, 7) is 5.40. The smallest absolute Gasteiger partial charge is 0.251 e. The molecule has 1 aromatic heterocycles. The van der Waals surface area contributed by atoms with Gasteiger partial charge in [0.05, 0.1) is 15.2 Å². The number of benzene rings is 1. The highest BCUT2D eigenvalue weighted by Gasteiger charge is 2.34. The number of nitrogens with one attached hydrogen (secondary N) is 1. The fourth-order valence-electron chi connectivity index (χ4n) is 3.56. The number of thiazole rings is 1. The van der Waals surface area contributed by atoms with Crippen molar-refractivity contribution in [3.63, 3.8) is 0 Å². The third-order valence-corrected chi connectivity index (χ3v) is 5.68. The van der Waals surface area contributed by atoms with Crippen LogP contribution >= 0.6 is 11.3 Å². The molecule has 1 aromatic carbocycles. The lowest BCUT2D eigenvalue weighted by Crippen LogP contribution is -2.57. The molecule has 5 rings (SSSR count). The lowest BCUT2D eigenvalue weighted by Gasteiger charge is -2.44. The number of fused-ring (bicyclic) bond motifs is 4. The van der Waals surface area contributed by atoms with Gasteiger partial charge in [0.25, 0.3) is 5.91 Å². The van der Waals surface area contributed by atoms with E-state index >= 15 is 0 Å². The van der Waals surface area contributed by atoms with Gasteiger partial charge >= 0.3 is 0 Å². The van der Waals surface area contributed by atoms with Crippen molar-refractivity contribution in [2.24, 2.45) is 5.92 Å². The molecule has 3 saturated heterocycles. The quantitative estimate of drug-likeness (QED) is 0.926. The second-order valence-corrected chi connectivity index (χ2v) is 7.37. The second kappa shape index (κ2) is 5.07. The van der Waals surface area contributed by atoms with E-state index in [0.717, 1.165) is 27.3 Å². The van der Waals surface area contributed by atoms with Gasteiger partial charge in [-0.25, -0.2) is 4.98 Å². The highest BCUT2D eigenvalue weighted by atomic mass is 32.1. The van der Waals surface area contributed by atoms with Crippen LogP contribution in [0.1, 0.15) is 28.2 Å². The molecule has 3 aliphatic heterocycles. The SMILES string of the molecule is Cc1nc2cc(C(=O)NC3CN4CCC3CC4)ccc2s1. The Morgan fingerprint density at radius 3 is 2.90 bits per heavy atom. The molecule has 1 atom stereocenters. The zero-order valence-corrected chi connectivity index (χ0v) is 12.9. The van der Waals surface area contributed by atoms with Gasteiger partial charge in [-0.15, -0.1) is 11.3 Å². The van der Waals surface area contributed by atoms with Crippen LogP contribution in [0, 0.1) is 12.8 Å². The van der Waals surface area contributed by atoms with E-state index in [1.165, 1.54) is 25.9 Å². The third kappa shape index (κ3) is 2.45. The Morgan fingerprint density at radius 2 is 2.19 bits per heavy atom. The highest BCUT2D eigenvalue weighted by Crippen LogP contribution is 2.28. The molecule has 0 radical (unpaired) electrons. The lowest BCUT2D eigenvalue weighted by atomic mass is 9.84. The second-order valence-electron chi connectivity index (χ2n) is 6.13. The van der Waals surface area contributed by atoms with E-state index in [2.05, 4.69) is 15.2 Å². The first-order valence-electron chi connectivity index (χ1n) is 7.59. The average molecular weight is 301 g/mol. The number of aromatic nitrogens is 1. The zero-order valence-electron chi connectivity index (χ0n) is 12.1. The van der Waals surface area contributed by atoms with E-state index in [-0.39, 0.29) is 5.91 Å². The fraction of sp³-hybridized carbons (Fsp3) is 0.500. The summed E-state index contributed by atoms with van der Waals surface area (Å²) in [5.74, 6) is 0.700. The van der Waals surface area contributed by atoms with Crippen LogP contribution < -0.4 is 5.32 Å². The Hall–Kier alpha value is -1.46. The molecular formula is C16H19N3OS. The number of aryl methyl sites for hydroxylation is 1. The average Bonchev–Trinajstić information content (AvgIpc) is 2.87. The van der Waals surface area contributed by atoms with E-state index in [4.69, 9.17) is 0 Å². The number of hydrogen-bond donors (Lipinski definition) is 1. The Morgan fingerprint density at radius 1 is 1.38 bits per heavy atom. The molecule has 2 aromatic rings. The van der Waals surface area contributed by atoms with Gasteiger partial charge in [0, 0.05) is 18.2 Å². The molecular weight excluding hydrogens is 282 g/mol. The van der Waals surface area contributed by atoms with Gasteiger partial charge in [-0.2, -0.15) is 0 Å². The van der Waals surface area contributed by atoms with E-state index in [1.54, 1.807) is 11.3 Å². The van der Waals surface area contributed by atoms with Crippen molar-refractivity contribution in [2.75, 3.05) is 19.6 Å². The minimum Gasteiger partial charge on any atom is -0.348 e. The predicted molar refractivity (Wildman–Crippen MR) is 84.8 cm³/mol. The summed E-state index contributed by atoms with van der Waals surface area (Å²) in [7, 11) is 0. The standard InChI is InChI=1S/C16H19N3OS/c1-10-17-13-8-12(2-3-15(13)21-10)16(20)18-14-9-19-6-4-11(14)5-7-19/h2-3,8,11,14H,4-7,9H2,1H3,(H,18,20). The maximum absolute atomic E-state index is 12.5. The van der Waals surface area contributed by atoms with Gasteiger partial charge in [0.1, 0.15) is 0 Å². The van der Waals surface area contributed by atoms with Crippen molar-refractivity contribution in [2.45, 2.75) is 25.8 Å². The highest BCUT2D eigenvalue weighted by molar-refractivity contribution is 7.18. The lowest BCUT2D eigenvalue weighted by molar-refractivity contribution is 0.0620. The largest absolute Gasteiger partial charge is 0.348 e. The molecule has 3 aliphatic rings. The molecule has 1 N–H and O–H groups in total. The van der Waals surface area contributed by atoms with Crippen molar-refractivity contribution in [1.82, 2.24) is 15.2 Å². The van der Waals surface area contributed by atoms with Crippen LogP contribution in [0.3, 0.4) is 0 Å². The zero-order chi connectivity index (χ0) is 14.4. The van der Waals surface area contributed by atoms with Gasteiger partial charge < -0.3 is 10.2 Å². The van der Waals surface area contributed by atoms with Gasteiger partial charge in [-0.1, -0.05) is 0 Å². The van der Waals surface area contributed by atoms with Crippen LogP contribution in [0.5, 0.6) is 0 Å². The molecule has 4 heterocycles. The van der Waals surface area contributed by atoms with Crippen LogP contribution in [0.2, 0.25) is 0 Å². The van der Waals surface area contributed by atoms with Crippen molar-refractivity contribution in [1.29, 1.82) is 0 Å². The minimum atomic E-state index is 0.0429. The monoisotopic (exact) mass is 301 g/mol. The Labute approximate surface area is 128 Å². The van der Waals surface area contributed by atoms with Crippen molar-refractivity contribution in [3.8, 4) is 0 Å².